The molecule has 118 valence electrons. The molecule has 21 heavy (non-hydrogen) atoms. The van der Waals surface area contributed by atoms with Crippen LogP contribution in [0, 0.1) is 0 Å². The van der Waals surface area contributed by atoms with Crippen molar-refractivity contribution in [1.29, 1.82) is 0 Å². The van der Waals surface area contributed by atoms with Crippen molar-refractivity contribution in [2.45, 2.75) is 52.7 Å². The normalized spacial score (nSPS) is 14.6. The first-order valence-electron chi connectivity index (χ1n) is 8.28. The third-order valence-corrected chi connectivity index (χ3v) is 4.47. The van der Waals surface area contributed by atoms with Crippen LogP contribution in [-0.4, -0.2) is 43.7 Å². The fourth-order valence-corrected chi connectivity index (χ4v) is 3.28. The summed E-state index contributed by atoms with van der Waals surface area (Å²) in [5, 5.41) is 3.59. The van der Waals surface area contributed by atoms with Crippen LogP contribution >= 0.6 is 0 Å². The lowest BCUT2D eigenvalue weighted by Crippen LogP contribution is -2.41. The largest absolute Gasteiger partial charge is 0.374 e. The summed E-state index contributed by atoms with van der Waals surface area (Å²) in [5.74, 6) is 0. The Balaban J connectivity index is 1.79. The number of nitrogens with zero attached hydrogens (tertiary/aromatic N) is 2. The Morgan fingerprint density at radius 2 is 1.90 bits per heavy atom. The molecule has 1 aromatic rings. The zero-order valence-electron chi connectivity index (χ0n) is 14.3. The van der Waals surface area contributed by atoms with Crippen LogP contribution in [0.2, 0.25) is 0 Å². The van der Waals surface area contributed by atoms with Crippen LogP contribution in [-0.2, 0) is 13.0 Å². The number of hydrogen-bond donors (Lipinski definition) is 1. The van der Waals surface area contributed by atoms with E-state index in [1.54, 1.807) is 0 Å². The highest BCUT2D eigenvalue weighted by Crippen LogP contribution is 2.27. The van der Waals surface area contributed by atoms with E-state index in [2.05, 4.69) is 68.1 Å². The molecule has 1 heterocycles. The molecule has 1 aliphatic rings. The van der Waals surface area contributed by atoms with E-state index in [0.29, 0.717) is 12.1 Å². The molecule has 0 bridgehead atoms. The van der Waals surface area contributed by atoms with E-state index in [1.807, 2.05) is 0 Å². The Hall–Kier alpha value is -1.06. The zero-order chi connectivity index (χ0) is 15.4. The van der Waals surface area contributed by atoms with Gasteiger partial charge < -0.3 is 10.2 Å². The van der Waals surface area contributed by atoms with Crippen molar-refractivity contribution in [2.75, 3.05) is 31.6 Å². The molecular weight excluding hydrogens is 258 g/mol. The van der Waals surface area contributed by atoms with Crippen LogP contribution in [0.1, 0.15) is 38.8 Å². The van der Waals surface area contributed by atoms with Crippen LogP contribution < -0.4 is 10.2 Å². The van der Waals surface area contributed by atoms with Crippen LogP contribution in [0.25, 0.3) is 0 Å². The van der Waals surface area contributed by atoms with Gasteiger partial charge in [-0.2, -0.15) is 0 Å². The van der Waals surface area contributed by atoms with Gasteiger partial charge in [-0.25, -0.2) is 0 Å². The predicted octanol–water partition coefficient (Wildman–Crippen LogP) is 2.89. The van der Waals surface area contributed by atoms with Crippen LogP contribution in [0.15, 0.2) is 18.2 Å². The van der Waals surface area contributed by atoms with E-state index in [0.717, 1.165) is 26.2 Å². The minimum absolute atomic E-state index is 0.613. The van der Waals surface area contributed by atoms with Crippen LogP contribution in [0.3, 0.4) is 0 Å². The third-order valence-electron chi connectivity index (χ3n) is 4.47. The summed E-state index contributed by atoms with van der Waals surface area (Å²) in [5.41, 5.74) is 4.32. The van der Waals surface area contributed by atoms with Gasteiger partial charge in [0.15, 0.2) is 0 Å². The van der Waals surface area contributed by atoms with Gasteiger partial charge in [-0.3, -0.25) is 4.90 Å². The molecule has 0 radical (unpaired) electrons. The van der Waals surface area contributed by atoms with Gasteiger partial charge in [0.1, 0.15) is 0 Å². The van der Waals surface area contributed by atoms with Gasteiger partial charge >= 0.3 is 0 Å². The summed E-state index contributed by atoms with van der Waals surface area (Å²) in [4.78, 5) is 4.88. The van der Waals surface area contributed by atoms with Crippen LogP contribution in [0.4, 0.5) is 5.69 Å². The topological polar surface area (TPSA) is 18.5 Å². The monoisotopic (exact) mass is 289 g/mol. The average Bonchev–Trinajstić information content (AvgIpc) is 2.79. The van der Waals surface area contributed by atoms with Crippen molar-refractivity contribution in [3.05, 3.63) is 29.3 Å². The number of hydrogen-bond acceptors (Lipinski definition) is 3. The van der Waals surface area contributed by atoms with Crippen molar-refractivity contribution in [2.24, 2.45) is 0 Å². The number of benzene rings is 1. The minimum Gasteiger partial charge on any atom is -0.374 e. The standard InChI is InChI=1S/C18H31N3/c1-14(2)21(15(3)4)11-9-19-13-16-6-7-18-17(12-16)8-10-20(18)5/h6-7,12,14-15,19H,8-11,13H2,1-5H3. The van der Waals surface area contributed by atoms with E-state index in [1.165, 1.54) is 23.2 Å². The van der Waals surface area contributed by atoms with Crippen molar-refractivity contribution in [1.82, 2.24) is 10.2 Å². The first kappa shape index (κ1) is 16.3. The van der Waals surface area contributed by atoms with E-state index in [4.69, 9.17) is 0 Å². The molecule has 1 N–H and O–H groups in total. The summed E-state index contributed by atoms with van der Waals surface area (Å²) in [6, 6.07) is 8.13. The molecule has 0 saturated carbocycles. The lowest BCUT2D eigenvalue weighted by atomic mass is 10.1. The molecule has 1 aliphatic heterocycles. The fourth-order valence-electron chi connectivity index (χ4n) is 3.28. The lowest BCUT2D eigenvalue weighted by molar-refractivity contribution is 0.176. The summed E-state index contributed by atoms with van der Waals surface area (Å²) in [6.45, 7) is 13.4. The second-order valence-corrected chi connectivity index (χ2v) is 6.74. The lowest BCUT2D eigenvalue weighted by Gasteiger charge is -2.30. The predicted molar refractivity (Wildman–Crippen MR) is 92.1 cm³/mol. The maximum Gasteiger partial charge on any atom is 0.0397 e. The number of likely N-dealkylation sites (N-methyl/N-ethyl adjacent to an activating group) is 1. The molecule has 0 atom stereocenters. The van der Waals surface area contributed by atoms with Gasteiger partial charge in [0.05, 0.1) is 0 Å². The van der Waals surface area contributed by atoms with E-state index in [-0.39, 0.29) is 0 Å². The number of fused-ring (bicyclic) bond motifs is 1. The molecule has 2 rings (SSSR count). The molecule has 0 unspecified atom stereocenters. The summed E-state index contributed by atoms with van der Waals surface area (Å²) >= 11 is 0. The van der Waals surface area contributed by atoms with Gasteiger partial charge in [0.2, 0.25) is 0 Å². The van der Waals surface area contributed by atoms with Gasteiger partial charge in [0, 0.05) is 51.0 Å². The molecule has 0 fully saturated rings. The smallest absolute Gasteiger partial charge is 0.0397 e. The highest BCUT2D eigenvalue weighted by Gasteiger charge is 2.15. The first-order chi connectivity index (χ1) is 9.99. The molecule has 0 amide bonds. The maximum atomic E-state index is 3.59. The van der Waals surface area contributed by atoms with E-state index >= 15 is 0 Å². The minimum atomic E-state index is 0.613. The number of nitrogens with one attached hydrogen (secondary N) is 1. The van der Waals surface area contributed by atoms with Gasteiger partial charge in [0.25, 0.3) is 0 Å². The molecule has 0 aromatic heterocycles. The molecule has 0 spiro atoms. The zero-order valence-corrected chi connectivity index (χ0v) is 14.3. The Kier molecular flexibility index (Phi) is 5.65. The van der Waals surface area contributed by atoms with Crippen molar-refractivity contribution >= 4 is 5.69 Å². The summed E-state index contributed by atoms with van der Waals surface area (Å²) in [7, 11) is 2.18. The fraction of sp³-hybridized carbons (Fsp3) is 0.667. The molecule has 0 aliphatic carbocycles. The average molecular weight is 289 g/mol. The number of rotatable bonds is 7. The van der Waals surface area contributed by atoms with Crippen molar-refractivity contribution in [3.8, 4) is 0 Å². The van der Waals surface area contributed by atoms with Gasteiger partial charge in [-0.15, -0.1) is 0 Å². The third kappa shape index (κ3) is 4.21. The van der Waals surface area contributed by atoms with E-state index in [9.17, 15) is 0 Å². The second kappa shape index (κ2) is 7.28. The summed E-state index contributed by atoms with van der Waals surface area (Å²) < 4.78 is 0. The SMILES string of the molecule is CC(C)N(CCNCc1ccc2c(c1)CCN2C)C(C)C. The highest BCUT2D eigenvalue weighted by atomic mass is 15.2. The van der Waals surface area contributed by atoms with Crippen LogP contribution in [0.5, 0.6) is 0 Å². The molecule has 0 saturated heterocycles. The van der Waals surface area contributed by atoms with E-state index < -0.39 is 0 Å². The Morgan fingerprint density at radius 1 is 1.19 bits per heavy atom. The quantitative estimate of drug-likeness (QED) is 0.779. The van der Waals surface area contributed by atoms with Gasteiger partial charge in [-0.05, 0) is 51.3 Å². The Bertz CT molecular complexity index is 446. The number of anilines is 1. The van der Waals surface area contributed by atoms with Gasteiger partial charge in [-0.1, -0.05) is 12.1 Å². The molecular formula is C18H31N3. The molecule has 3 nitrogen and oxygen atoms in total. The van der Waals surface area contributed by atoms with Crippen molar-refractivity contribution in [3.63, 3.8) is 0 Å². The summed E-state index contributed by atoms with van der Waals surface area (Å²) in [6.07, 6.45) is 1.19. The maximum absolute atomic E-state index is 3.59. The molecule has 1 aromatic carbocycles. The second-order valence-electron chi connectivity index (χ2n) is 6.74. The van der Waals surface area contributed by atoms with Crippen molar-refractivity contribution < 1.29 is 0 Å². The Morgan fingerprint density at radius 3 is 2.57 bits per heavy atom. The molecule has 3 heteroatoms. The Labute approximate surface area is 130 Å². The first-order valence-corrected chi connectivity index (χ1v) is 8.28. The highest BCUT2D eigenvalue weighted by molar-refractivity contribution is 5.58.